The van der Waals surface area contributed by atoms with E-state index in [0.29, 0.717) is 12.3 Å². The molecule has 0 unspecified atom stereocenters. The smallest absolute Gasteiger partial charge is 0.325 e. The number of carbonyl (C=O) groups is 3. The van der Waals surface area contributed by atoms with E-state index in [1.54, 1.807) is 0 Å². The normalized spacial score (nSPS) is 25.2. The predicted molar refractivity (Wildman–Crippen MR) is 106 cm³/mol. The third-order valence-electron chi connectivity index (χ3n) is 5.89. The lowest BCUT2D eigenvalue weighted by Gasteiger charge is -2.27. The van der Waals surface area contributed by atoms with Gasteiger partial charge in [-0.15, -0.1) is 0 Å². The first-order chi connectivity index (χ1) is 13.5. The number of aromatic amines is 1. The van der Waals surface area contributed by atoms with Crippen LogP contribution >= 0.6 is 0 Å². The number of para-hydroxylation sites is 1. The Kier molecular flexibility index (Phi) is 5.07. The summed E-state index contributed by atoms with van der Waals surface area (Å²) in [6.07, 6.45) is 6.37. The molecule has 7 nitrogen and oxygen atoms in total. The molecule has 3 N–H and O–H groups in total. The number of nitrogens with one attached hydrogen (secondary N) is 3. The quantitative estimate of drug-likeness (QED) is 0.693. The number of carbonyl (C=O) groups excluding carboxylic acids is 3. The van der Waals surface area contributed by atoms with E-state index in [9.17, 15) is 14.4 Å². The lowest BCUT2D eigenvalue weighted by molar-refractivity contribution is -0.132. The van der Waals surface area contributed by atoms with Crippen LogP contribution in [-0.2, 0) is 16.0 Å². The van der Waals surface area contributed by atoms with E-state index in [4.69, 9.17) is 0 Å². The highest BCUT2D eigenvalue weighted by molar-refractivity contribution is 6.06. The Morgan fingerprint density at radius 2 is 1.93 bits per heavy atom. The molecule has 1 aliphatic heterocycles. The van der Waals surface area contributed by atoms with Gasteiger partial charge in [-0.3, -0.25) is 14.5 Å². The van der Waals surface area contributed by atoms with Gasteiger partial charge in [0.05, 0.1) is 0 Å². The van der Waals surface area contributed by atoms with Crippen LogP contribution in [0.3, 0.4) is 0 Å². The number of nitrogens with zero attached hydrogens (tertiary/aromatic N) is 1. The molecule has 148 valence electrons. The molecule has 28 heavy (non-hydrogen) atoms. The minimum absolute atomic E-state index is 0.145. The molecule has 7 heteroatoms. The fourth-order valence-electron chi connectivity index (χ4n) is 4.21. The molecule has 1 aromatic carbocycles. The van der Waals surface area contributed by atoms with Gasteiger partial charge in [0.25, 0.3) is 5.91 Å². The molecule has 2 aromatic rings. The van der Waals surface area contributed by atoms with E-state index in [-0.39, 0.29) is 24.4 Å². The second-order valence-corrected chi connectivity index (χ2v) is 8.01. The predicted octanol–water partition coefficient (Wildman–Crippen LogP) is 2.33. The van der Waals surface area contributed by atoms with Crippen LogP contribution in [0.4, 0.5) is 4.79 Å². The van der Waals surface area contributed by atoms with Gasteiger partial charge in [-0.05, 0) is 43.2 Å². The molecule has 2 aliphatic rings. The van der Waals surface area contributed by atoms with Gasteiger partial charge in [0, 0.05) is 29.6 Å². The van der Waals surface area contributed by atoms with E-state index in [2.05, 4.69) is 22.5 Å². The van der Waals surface area contributed by atoms with Crippen LogP contribution in [0.15, 0.2) is 30.5 Å². The maximum Gasteiger partial charge on any atom is 0.325 e. The summed E-state index contributed by atoms with van der Waals surface area (Å²) in [5, 5.41) is 6.72. The third kappa shape index (κ3) is 3.74. The highest BCUT2D eigenvalue weighted by atomic mass is 16.2. The fraction of sp³-hybridized carbons (Fsp3) is 0.476. The van der Waals surface area contributed by atoms with E-state index in [1.165, 1.54) is 0 Å². The molecule has 4 amide bonds. The molecule has 2 fully saturated rings. The first kappa shape index (κ1) is 18.5. The van der Waals surface area contributed by atoms with Gasteiger partial charge >= 0.3 is 6.03 Å². The van der Waals surface area contributed by atoms with Crippen molar-refractivity contribution in [2.45, 2.75) is 51.1 Å². The summed E-state index contributed by atoms with van der Waals surface area (Å²) >= 11 is 0. The van der Waals surface area contributed by atoms with Crippen LogP contribution < -0.4 is 10.6 Å². The summed E-state index contributed by atoms with van der Waals surface area (Å²) in [5.41, 5.74) is 1.96. The maximum absolute atomic E-state index is 12.7. The molecular weight excluding hydrogens is 356 g/mol. The summed E-state index contributed by atoms with van der Waals surface area (Å²) in [6, 6.07) is 6.84. The number of imide groups is 1. The molecule has 1 aromatic heterocycles. The van der Waals surface area contributed by atoms with Crippen molar-refractivity contribution in [3.63, 3.8) is 0 Å². The number of rotatable bonds is 5. The van der Waals surface area contributed by atoms with Crippen molar-refractivity contribution in [1.82, 2.24) is 20.5 Å². The van der Waals surface area contributed by atoms with Gasteiger partial charge in [-0.1, -0.05) is 25.1 Å². The van der Waals surface area contributed by atoms with Gasteiger partial charge in [0.15, 0.2) is 0 Å². The lowest BCUT2D eigenvalue weighted by atomic mass is 9.87. The lowest BCUT2D eigenvalue weighted by Crippen LogP contribution is -2.45. The summed E-state index contributed by atoms with van der Waals surface area (Å²) in [6.45, 7) is 2.00. The van der Waals surface area contributed by atoms with Crippen molar-refractivity contribution in [3.05, 3.63) is 36.0 Å². The van der Waals surface area contributed by atoms with Crippen LogP contribution in [0.2, 0.25) is 0 Å². The minimum Gasteiger partial charge on any atom is -0.361 e. The molecule has 0 bridgehead atoms. The van der Waals surface area contributed by atoms with E-state index >= 15 is 0 Å². The number of hydrogen-bond acceptors (Lipinski definition) is 3. The topological polar surface area (TPSA) is 94.3 Å². The maximum atomic E-state index is 12.7. The van der Waals surface area contributed by atoms with Crippen LogP contribution in [0.25, 0.3) is 10.9 Å². The van der Waals surface area contributed by atoms with Gasteiger partial charge < -0.3 is 15.6 Å². The average molecular weight is 382 g/mol. The van der Waals surface area contributed by atoms with Crippen molar-refractivity contribution in [1.29, 1.82) is 0 Å². The van der Waals surface area contributed by atoms with E-state index in [0.717, 1.165) is 47.0 Å². The summed E-state index contributed by atoms with van der Waals surface area (Å²) in [4.78, 5) is 41.5. The summed E-state index contributed by atoms with van der Waals surface area (Å²) in [7, 11) is 0. The number of H-pyrrole nitrogens is 1. The van der Waals surface area contributed by atoms with Gasteiger partial charge in [0.1, 0.15) is 12.6 Å². The number of amides is 4. The van der Waals surface area contributed by atoms with Gasteiger partial charge in [0.2, 0.25) is 5.91 Å². The molecule has 2 heterocycles. The van der Waals surface area contributed by atoms with Crippen LogP contribution in [0.5, 0.6) is 0 Å². The Morgan fingerprint density at radius 1 is 1.18 bits per heavy atom. The number of benzene rings is 1. The molecule has 1 atom stereocenters. The minimum atomic E-state index is -0.643. The molecule has 1 aliphatic carbocycles. The standard InChI is InChI=1S/C21H26N4O3/c1-13-6-8-15(9-7-13)23-19(26)12-25-20(27)18(24-21(25)28)10-14-11-22-17-5-3-2-4-16(14)17/h2-5,11,13,15,18,22H,6-10,12H2,1H3,(H,23,26)(H,24,28)/t13?,15?,18-/m0/s1. The van der Waals surface area contributed by atoms with Crippen molar-refractivity contribution < 1.29 is 14.4 Å². The fourth-order valence-corrected chi connectivity index (χ4v) is 4.21. The Hall–Kier alpha value is -2.83. The van der Waals surface area contributed by atoms with Crippen molar-refractivity contribution >= 4 is 28.7 Å². The molecule has 0 radical (unpaired) electrons. The van der Waals surface area contributed by atoms with Gasteiger partial charge in [-0.2, -0.15) is 0 Å². The number of aromatic nitrogens is 1. The second-order valence-electron chi connectivity index (χ2n) is 8.01. The zero-order chi connectivity index (χ0) is 19.7. The van der Waals surface area contributed by atoms with Crippen LogP contribution in [0, 0.1) is 5.92 Å². The zero-order valence-electron chi connectivity index (χ0n) is 16.0. The highest BCUT2D eigenvalue weighted by Crippen LogP contribution is 2.24. The van der Waals surface area contributed by atoms with Crippen molar-refractivity contribution in [2.24, 2.45) is 5.92 Å². The van der Waals surface area contributed by atoms with Crippen molar-refractivity contribution in [2.75, 3.05) is 6.54 Å². The molecular formula is C21H26N4O3. The Morgan fingerprint density at radius 3 is 2.71 bits per heavy atom. The SMILES string of the molecule is CC1CCC(NC(=O)CN2C(=O)N[C@@H](Cc3c[nH]c4ccccc34)C2=O)CC1. The van der Waals surface area contributed by atoms with E-state index < -0.39 is 12.1 Å². The highest BCUT2D eigenvalue weighted by Gasteiger charge is 2.39. The zero-order valence-corrected chi connectivity index (χ0v) is 16.0. The first-order valence-corrected chi connectivity index (χ1v) is 9.97. The first-order valence-electron chi connectivity index (χ1n) is 9.97. The average Bonchev–Trinajstić information content (AvgIpc) is 3.20. The third-order valence-corrected chi connectivity index (χ3v) is 5.89. The number of urea groups is 1. The Labute approximate surface area is 163 Å². The number of fused-ring (bicyclic) bond motifs is 1. The Bertz CT molecular complexity index is 898. The molecule has 0 spiro atoms. The second kappa shape index (κ2) is 7.66. The molecule has 4 rings (SSSR count). The van der Waals surface area contributed by atoms with Crippen LogP contribution in [-0.4, -0.2) is 46.4 Å². The van der Waals surface area contributed by atoms with Crippen LogP contribution in [0.1, 0.15) is 38.2 Å². The summed E-state index contributed by atoms with van der Waals surface area (Å²) < 4.78 is 0. The molecule has 1 saturated carbocycles. The van der Waals surface area contributed by atoms with E-state index in [1.807, 2.05) is 30.5 Å². The van der Waals surface area contributed by atoms with Crippen molar-refractivity contribution in [3.8, 4) is 0 Å². The Balaban J connectivity index is 1.36. The monoisotopic (exact) mass is 382 g/mol. The summed E-state index contributed by atoms with van der Waals surface area (Å²) in [5.74, 6) is 0.0860. The number of hydrogen-bond donors (Lipinski definition) is 3. The van der Waals surface area contributed by atoms with Gasteiger partial charge in [-0.25, -0.2) is 4.79 Å². The largest absolute Gasteiger partial charge is 0.361 e. The molecule has 1 saturated heterocycles.